The van der Waals surface area contributed by atoms with Crippen LogP contribution < -0.4 is 20.2 Å². The number of ether oxygens (including phenoxy) is 2. The maximum atomic E-state index is 13.1. The zero-order valence-electron chi connectivity index (χ0n) is 18.0. The molecule has 1 aliphatic rings. The Bertz CT molecular complexity index is 1380. The number of anilines is 1. The summed E-state index contributed by atoms with van der Waals surface area (Å²) in [6.45, 7) is 0. The van der Waals surface area contributed by atoms with E-state index in [-0.39, 0.29) is 5.43 Å². The first kappa shape index (κ1) is 21.9. The number of benzene rings is 2. The van der Waals surface area contributed by atoms with Gasteiger partial charge in [-0.2, -0.15) is 0 Å². The summed E-state index contributed by atoms with van der Waals surface area (Å²) in [5.74, 6) is 0.0206. The van der Waals surface area contributed by atoms with Gasteiger partial charge in [-0.15, -0.1) is 0 Å². The SMILES string of the molecule is COc1ccc(OC)c(C=C2CCc3c2oc2cc(NC(=O)C=CC(=O)O)ccc2c3=O)c1. The van der Waals surface area contributed by atoms with Crippen molar-refractivity contribution >= 4 is 40.2 Å². The minimum Gasteiger partial charge on any atom is -0.497 e. The third-order valence-corrected chi connectivity index (χ3v) is 5.33. The number of hydrogen-bond donors (Lipinski definition) is 2. The van der Waals surface area contributed by atoms with Gasteiger partial charge in [-0.3, -0.25) is 9.59 Å². The van der Waals surface area contributed by atoms with Gasteiger partial charge in [-0.05, 0) is 54.8 Å². The number of rotatable bonds is 6. The lowest BCUT2D eigenvalue weighted by Gasteiger charge is -2.09. The quantitative estimate of drug-likeness (QED) is 0.551. The van der Waals surface area contributed by atoms with Crippen molar-refractivity contribution in [3.63, 3.8) is 0 Å². The van der Waals surface area contributed by atoms with E-state index < -0.39 is 11.9 Å². The van der Waals surface area contributed by atoms with E-state index in [1.807, 2.05) is 18.2 Å². The molecule has 1 aliphatic carbocycles. The average molecular weight is 447 g/mol. The number of carbonyl (C=O) groups is 2. The third-order valence-electron chi connectivity index (χ3n) is 5.33. The van der Waals surface area contributed by atoms with E-state index in [0.29, 0.717) is 52.3 Å². The lowest BCUT2D eigenvalue weighted by molar-refractivity contribution is -0.131. The Balaban J connectivity index is 1.75. The van der Waals surface area contributed by atoms with Crippen molar-refractivity contribution in [2.45, 2.75) is 12.8 Å². The van der Waals surface area contributed by atoms with Crippen LogP contribution in [0.4, 0.5) is 5.69 Å². The Morgan fingerprint density at radius 2 is 1.88 bits per heavy atom. The van der Waals surface area contributed by atoms with Crippen LogP contribution in [0, 0.1) is 0 Å². The van der Waals surface area contributed by atoms with E-state index in [9.17, 15) is 14.4 Å². The molecule has 1 amide bonds. The maximum absolute atomic E-state index is 13.1. The molecule has 1 aromatic heterocycles. The molecule has 0 atom stereocenters. The summed E-state index contributed by atoms with van der Waals surface area (Å²) in [5.41, 5.74) is 2.85. The molecule has 0 unspecified atom stereocenters. The fourth-order valence-electron chi connectivity index (χ4n) is 3.78. The van der Waals surface area contributed by atoms with Crippen LogP contribution in [0.25, 0.3) is 22.6 Å². The van der Waals surface area contributed by atoms with Crippen LogP contribution in [0.1, 0.15) is 23.3 Å². The highest BCUT2D eigenvalue weighted by atomic mass is 16.5. The van der Waals surface area contributed by atoms with Crippen LogP contribution in [0.15, 0.2) is 57.8 Å². The number of aliphatic carboxylic acids is 1. The molecule has 0 fully saturated rings. The summed E-state index contributed by atoms with van der Waals surface area (Å²) < 4.78 is 16.9. The van der Waals surface area contributed by atoms with Gasteiger partial charge in [0.15, 0.2) is 5.43 Å². The molecule has 33 heavy (non-hydrogen) atoms. The normalized spacial score (nSPS) is 13.9. The molecule has 168 valence electrons. The van der Waals surface area contributed by atoms with Gasteiger partial charge in [0.2, 0.25) is 5.91 Å². The van der Waals surface area contributed by atoms with Gasteiger partial charge in [-0.25, -0.2) is 4.79 Å². The highest BCUT2D eigenvalue weighted by molar-refractivity contribution is 6.03. The van der Waals surface area contributed by atoms with Gasteiger partial charge in [-0.1, -0.05) is 0 Å². The van der Waals surface area contributed by atoms with Crippen molar-refractivity contribution in [2.75, 3.05) is 19.5 Å². The lowest BCUT2D eigenvalue weighted by Crippen LogP contribution is -2.11. The van der Waals surface area contributed by atoms with E-state index >= 15 is 0 Å². The van der Waals surface area contributed by atoms with Crippen molar-refractivity contribution in [3.05, 3.63) is 75.7 Å². The van der Waals surface area contributed by atoms with Crippen molar-refractivity contribution in [1.29, 1.82) is 0 Å². The Labute approximate surface area is 188 Å². The molecular weight excluding hydrogens is 426 g/mol. The third kappa shape index (κ3) is 4.50. The predicted molar refractivity (Wildman–Crippen MR) is 124 cm³/mol. The number of carboxylic acid groups (broad SMARTS) is 1. The first-order valence-corrected chi connectivity index (χ1v) is 10.1. The highest BCUT2D eigenvalue weighted by Crippen LogP contribution is 2.36. The minimum atomic E-state index is -1.22. The van der Waals surface area contributed by atoms with E-state index in [1.54, 1.807) is 38.5 Å². The van der Waals surface area contributed by atoms with Crippen LogP contribution in [-0.2, 0) is 16.0 Å². The molecule has 4 rings (SSSR count). The molecule has 3 aromatic rings. The van der Waals surface area contributed by atoms with Crippen LogP contribution in [0.3, 0.4) is 0 Å². The molecule has 8 nitrogen and oxygen atoms in total. The van der Waals surface area contributed by atoms with E-state index in [4.69, 9.17) is 19.0 Å². The summed E-state index contributed by atoms with van der Waals surface area (Å²) in [6, 6.07) is 10.2. The molecule has 0 bridgehead atoms. The van der Waals surface area contributed by atoms with Crippen molar-refractivity contribution < 1.29 is 28.6 Å². The summed E-state index contributed by atoms with van der Waals surface area (Å²) in [7, 11) is 3.17. The number of allylic oxidation sites excluding steroid dienone is 1. The molecule has 2 N–H and O–H groups in total. The fourth-order valence-corrected chi connectivity index (χ4v) is 3.78. The topological polar surface area (TPSA) is 115 Å². The Morgan fingerprint density at radius 3 is 2.61 bits per heavy atom. The number of carbonyl (C=O) groups excluding carboxylic acids is 1. The van der Waals surface area contributed by atoms with Gasteiger partial charge >= 0.3 is 5.97 Å². The number of fused-ring (bicyclic) bond motifs is 2. The predicted octanol–water partition coefficient (Wildman–Crippen LogP) is 3.88. The largest absolute Gasteiger partial charge is 0.497 e. The van der Waals surface area contributed by atoms with Crippen molar-refractivity contribution in [1.82, 2.24) is 0 Å². The van der Waals surface area contributed by atoms with Gasteiger partial charge in [0.1, 0.15) is 22.8 Å². The lowest BCUT2D eigenvalue weighted by atomic mass is 10.1. The molecule has 0 aliphatic heterocycles. The van der Waals surface area contributed by atoms with Gasteiger partial charge in [0.25, 0.3) is 0 Å². The summed E-state index contributed by atoms with van der Waals surface area (Å²) in [6.07, 6.45) is 4.77. The monoisotopic (exact) mass is 447 g/mol. The van der Waals surface area contributed by atoms with Gasteiger partial charge < -0.3 is 24.3 Å². The first-order chi connectivity index (χ1) is 15.9. The minimum absolute atomic E-state index is 0.115. The molecule has 0 spiro atoms. The number of methoxy groups -OCH3 is 2. The molecule has 0 saturated carbocycles. The molecule has 0 radical (unpaired) electrons. The molecule has 2 aromatic carbocycles. The van der Waals surface area contributed by atoms with Crippen molar-refractivity contribution in [2.24, 2.45) is 0 Å². The smallest absolute Gasteiger partial charge is 0.328 e. The zero-order valence-corrected chi connectivity index (χ0v) is 18.0. The fraction of sp³-hybridized carbons (Fsp3) is 0.160. The number of carboxylic acids is 1. The van der Waals surface area contributed by atoms with E-state index in [2.05, 4.69) is 5.32 Å². The van der Waals surface area contributed by atoms with Crippen LogP contribution in [0.2, 0.25) is 0 Å². The number of amides is 1. The average Bonchev–Trinajstić information content (AvgIpc) is 3.20. The number of nitrogens with one attached hydrogen (secondary N) is 1. The summed E-state index contributed by atoms with van der Waals surface area (Å²) in [5, 5.41) is 11.6. The van der Waals surface area contributed by atoms with E-state index in [1.165, 1.54) is 0 Å². The molecule has 8 heteroatoms. The van der Waals surface area contributed by atoms with Crippen LogP contribution in [0.5, 0.6) is 11.5 Å². The molecular formula is C25H21NO7. The second-order valence-electron chi connectivity index (χ2n) is 7.39. The summed E-state index contributed by atoms with van der Waals surface area (Å²) >= 11 is 0. The standard InChI is InChI=1S/C25H21NO7/c1-31-17-5-8-20(32-2)15(12-17)11-14-3-6-19-24(30)18-7-4-16(13-21(18)33-25(14)19)26-22(27)9-10-23(28)29/h4-5,7-13H,3,6H2,1-2H3,(H,26,27)(H,28,29). The Morgan fingerprint density at radius 1 is 1.06 bits per heavy atom. The van der Waals surface area contributed by atoms with Crippen LogP contribution >= 0.6 is 0 Å². The second kappa shape index (κ2) is 9.04. The Kier molecular flexibility index (Phi) is 5.99. The maximum Gasteiger partial charge on any atom is 0.328 e. The zero-order chi connectivity index (χ0) is 23.5. The van der Waals surface area contributed by atoms with Gasteiger partial charge in [0.05, 0.1) is 19.6 Å². The molecule has 0 saturated heterocycles. The first-order valence-electron chi connectivity index (χ1n) is 10.1. The molecule has 1 heterocycles. The summed E-state index contributed by atoms with van der Waals surface area (Å²) in [4.78, 5) is 35.5. The second-order valence-corrected chi connectivity index (χ2v) is 7.39. The van der Waals surface area contributed by atoms with Gasteiger partial charge in [0, 0.05) is 35.0 Å². The van der Waals surface area contributed by atoms with E-state index in [0.717, 1.165) is 23.3 Å². The Hall–Kier alpha value is -4.33. The van der Waals surface area contributed by atoms with Crippen molar-refractivity contribution in [3.8, 4) is 11.5 Å². The van der Waals surface area contributed by atoms with Crippen LogP contribution in [-0.4, -0.2) is 31.2 Å². The number of hydrogen-bond acceptors (Lipinski definition) is 6. The highest BCUT2D eigenvalue weighted by Gasteiger charge is 2.24.